The number of methoxy groups -OCH3 is 2. The highest BCUT2D eigenvalue weighted by molar-refractivity contribution is 7.89. The van der Waals surface area contributed by atoms with Gasteiger partial charge in [-0.3, -0.25) is 0 Å². The first-order chi connectivity index (χ1) is 13.0. The van der Waals surface area contributed by atoms with Gasteiger partial charge in [0.1, 0.15) is 10.6 Å². The third-order valence-corrected chi connectivity index (χ3v) is 7.17. The van der Waals surface area contributed by atoms with E-state index in [2.05, 4.69) is 12.1 Å². The molecular formula is C21H27NO4S. The molecule has 0 radical (unpaired) electrons. The average Bonchev–Trinajstić information content (AvgIpc) is 2.70. The lowest BCUT2D eigenvalue weighted by atomic mass is 9.88. The van der Waals surface area contributed by atoms with Crippen LogP contribution in [0.25, 0.3) is 0 Å². The Morgan fingerprint density at radius 1 is 1.04 bits per heavy atom. The number of piperidine rings is 1. The molecule has 1 unspecified atom stereocenters. The van der Waals surface area contributed by atoms with Crippen LogP contribution in [0.4, 0.5) is 0 Å². The summed E-state index contributed by atoms with van der Waals surface area (Å²) in [6.07, 6.45) is 1.52. The van der Waals surface area contributed by atoms with Gasteiger partial charge in [-0.1, -0.05) is 36.4 Å². The molecule has 3 rings (SSSR count). The monoisotopic (exact) mass is 389 g/mol. The van der Waals surface area contributed by atoms with Crippen LogP contribution >= 0.6 is 0 Å². The maximum Gasteiger partial charge on any atom is 0.246 e. The number of rotatable bonds is 6. The van der Waals surface area contributed by atoms with Crippen LogP contribution in [0, 0.1) is 12.8 Å². The van der Waals surface area contributed by atoms with Crippen LogP contribution in [0.1, 0.15) is 30.1 Å². The second kappa shape index (κ2) is 8.42. The average molecular weight is 390 g/mol. The zero-order valence-corrected chi connectivity index (χ0v) is 16.9. The van der Waals surface area contributed by atoms with E-state index in [0.717, 1.165) is 24.0 Å². The highest BCUT2D eigenvalue weighted by Gasteiger charge is 2.34. The molecule has 5 nitrogen and oxygen atoms in total. The SMILES string of the molecule is COc1ccc(C)cc1S(=O)(=O)N1CCC(C(OC)c2ccccc2)CC1. The molecule has 0 saturated carbocycles. The molecule has 1 aliphatic heterocycles. The second-order valence-electron chi connectivity index (χ2n) is 6.96. The van der Waals surface area contributed by atoms with Crippen molar-refractivity contribution >= 4 is 10.0 Å². The predicted molar refractivity (Wildman–Crippen MR) is 105 cm³/mol. The summed E-state index contributed by atoms with van der Waals surface area (Å²) < 4.78 is 38.9. The highest BCUT2D eigenvalue weighted by atomic mass is 32.2. The van der Waals surface area contributed by atoms with Gasteiger partial charge < -0.3 is 9.47 Å². The Morgan fingerprint density at radius 3 is 2.30 bits per heavy atom. The van der Waals surface area contributed by atoms with Crippen molar-refractivity contribution in [1.82, 2.24) is 4.31 Å². The van der Waals surface area contributed by atoms with Crippen LogP contribution < -0.4 is 4.74 Å². The minimum atomic E-state index is -3.58. The van der Waals surface area contributed by atoms with Crippen LogP contribution in [0.3, 0.4) is 0 Å². The Kier molecular flexibility index (Phi) is 6.19. The quantitative estimate of drug-likeness (QED) is 0.754. The lowest BCUT2D eigenvalue weighted by Crippen LogP contribution is -2.40. The van der Waals surface area contributed by atoms with E-state index in [4.69, 9.17) is 9.47 Å². The lowest BCUT2D eigenvalue weighted by molar-refractivity contribution is 0.0303. The Balaban J connectivity index is 1.76. The van der Waals surface area contributed by atoms with Crippen molar-refractivity contribution in [1.29, 1.82) is 0 Å². The molecule has 0 amide bonds. The first-order valence-corrected chi connectivity index (χ1v) is 10.6. The Morgan fingerprint density at radius 2 is 1.70 bits per heavy atom. The molecule has 0 bridgehead atoms. The zero-order chi connectivity index (χ0) is 19.4. The summed E-state index contributed by atoms with van der Waals surface area (Å²) >= 11 is 0. The first kappa shape index (κ1) is 19.9. The van der Waals surface area contributed by atoms with Gasteiger partial charge in [-0.05, 0) is 48.9 Å². The maximum absolute atomic E-state index is 13.1. The standard InChI is InChI=1S/C21H27NO4S/c1-16-9-10-19(25-2)20(15-16)27(23,24)22-13-11-18(12-14-22)21(26-3)17-7-5-4-6-8-17/h4-10,15,18,21H,11-14H2,1-3H3. The van der Waals surface area contributed by atoms with Crippen molar-refractivity contribution in [2.75, 3.05) is 27.3 Å². The Labute approximate surface area is 162 Å². The molecule has 2 aromatic carbocycles. The van der Waals surface area contributed by atoms with Gasteiger partial charge in [0.05, 0.1) is 13.2 Å². The fraction of sp³-hybridized carbons (Fsp3) is 0.429. The topological polar surface area (TPSA) is 55.8 Å². The Hall–Kier alpha value is -1.89. The third kappa shape index (κ3) is 4.18. The summed E-state index contributed by atoms with van der Waals surface area (Å²) in [6.45, 7) is 2.85. The largest absolute Gasteiger partial charge is 0.495 e. The van der Waals surface area contributed by atoms with Gasteiger partial charge in [0.25, 0.3) is 0 Å². The molecule has 27 heavy (non-hydrogen) atoms. The van der Waals surface area contributed by atoms with Crippen LogP contribution in [-0.2, 0) is 14.8 Å². The number of aryl methyl sites for hydroxylation is 1. The van der Waals surface area contributed by atoms with E-state index >= 15 is 0 Å². The van der Waals surface area contributed by atoms with E-state index in [-0.39, 0.29) is 11.0 Å². The summed E-state index contributed by atoms with van der Waals surface area (Å²) in [5.74, 6) is 0.685. The third-order valence-electron chi connectivity index (χ3n) is 5.25. The summed E-state index contributed by atoms with van der Waals surface area (Å²) in [7, 11) is -0.361. The smallest absolute Gasteiger partial charge is 0.246 e. The number of sulfonamides is 1. The maximum atomic E-state index is 13.1. The van der Waals surface area contributed by atoms with Gasteiger partial charge in [0, 0.05) is 20.2 Å². The minimum Gasteiger partial charge on any atom is -0.495 e. The molecule has 1 aliphatic rings. The van der Waals surface area contributed by atoms with E-state index in [0.29, 0.717) is 24.8 Å². The number of ether oxygens (including phenoxy) is 2. The van der Waals surface area contributed by atoms with Crippen molar-refractivity contribution in [3.8, 4) is 5.75 Å². The van der Waals surface area contributed by atoms with Gasteiger partial charge in [-0.25, -0.2) is 8.42 Å². The number of hydrogen-bond donors (Lipinski definition) is 0. The van der Waals surface area contributed by atoms with Gasteiger partial charge in [-0.2, -0.15) is 4.31 Å². The molecule has 0 aliphatic carbocycles. The zero-order valence-electron chi connectivity index (χ0n) is 16.1. The van der Waals surface area contributed by atoms with Crippen LogP contribution in [-0.4, -0.2) is 40.0 Å². The second-order valence-corrected chi connectivity index (χ2v) is 8.87. The van der Waals surface area contributed by atoms with Crippen molar-refractivity contribution < 1.29 is 17.9 Å². The normalized spacial score (nSPS) is 17.6. The fourth-order valence-corrected chi connectivity index (χ4v) is 5.50. The fourth-order valence-electron chi connectivity index (χ4n) is 3.79. The predicted octanol–water partition coefficient (Wildman–Crippen LogP) is 3.79. The van der Waals surface area contributed by atoms with Crippen LogP contribution in [0.2, 0.25) is 0 Å². The molecule has 1 saturated heterocycles. The molecule has 146 valence electrons. The van der Waals surface area contributed by atoms with Crippen molar-refractivity contribution in [2.45, 2.75) is 30.8 Å². The van der Waals surface area contributed by atoms with Gasteiger partial charge in [0.15, 0.2) is 0 Å². The summed E-state index contributed by atoms with van der Waals surface area (Å²) in [5.41, 5.74) is 2.04. The van der Waals surface area contributed by atoms with Gasteiger partial charge in [0.2, 0.25) is 10.0 Å². The summed E-state index contributed by atoms with van der Waals surface area (Å²) in [6, 6.07) is 15.4. The molecule has 0 spiro atoms. The number of nitrogens with zero attached hydrogens (tertiary/aromatic N) is 1. The van der Waals surface area contributed by atoms with E-state index in [9.17, 15) is 8.42 Å². The number of hydrogen-bond acceptors (Lipinski definition) is 4. The van der Waals surface area contributed by atoms with E-state index in [1.54, 1.807) is 23.5 Å². The number of benzene rings is 2. The summed E-state index contributed by atoms with van der Waals surface area (Å²) in [4.78, 5) is 0.245. The molecule has 0 aromatic heterocycles. The highest BCUT2D eigenvalue weighted by Crippen LogP contribution is 2.36. The molecule has 2 aromatic rings. The van der Waals surface area contributed by atoms with Gasteiger partial charge in [-0.15, -0.1) is 0 Å². The Bertz CT molecular complexity index is 859. The van der Waals surface area contributed by atoms with Crippen molar-refractivity contribution in [3.63, 3.8) is 0 Å². The van der Waals surface area contributed by atoms with E-state index < -0.39 is 10.0 Å². The molecular weight excluding hydrogens is 362 g/mol. The minimum absolute atomic E-state index is 0.00967. The molecule has 1 atom stereocenters. The lowest BCUT2D eigenvalue weighted by Gasteiger charge is -2.35. The molecule has 6 heteroatoms. The van der Waals surface area contributed by atoms with Crippen LogP contribution in [0.15, 0.2) is 53.4 Å². The summed E-state index contributed by atoms with van der Waals surface area (Å²) in [5, 5.41) is 0. The van der Waals surface area contributed by atoms with Crippen molar-refractivity contribution in [3.05, 3.63) is 59.7 Å². The molecule has 1 fully saturated rings. The molecule has 0 N–H and O–H groups in total. The van der Waals surface area contributed by atoms with Crippen LogP contribution in [0.5, 0.6) is 5.75 Å². The van der Waals surface area contributed by atoms with E-state index in [1.807, 2.05) is 31.2 Å². The van der Waals surface area contributed by atoms with Gasteiger partial charge >= 0.3 is 0 Å². The van der Waals surface area contributed by atoms with Crippen molar-refractivity contribution in [2.24, 2.45) is 5.92 Å². The first-order valence-electron chi connectivity index (χ1n) is 9.20. The van der Waals surface area contributed by atoms with E-state index in [1.165, 1.54) is 7.11 Å². The molecule has 1 heterocycles.